The van der Waals surface area contributed by atoms with Crippen LogP contribution >= 0.6 is 0 Å². The second-order valence-corrected chi connectivity index (χ2v) is 7.26. The normalized spacial score (nSPS) is 12.8. The lowest BCUT2D eigenvalue weighted by Gasteiger charge is -2.27. The summed E-state index contributed by atoms with van der Waals surface area (Å²) < 4.78 is 95.0. The monoisotopic (exact) mass is 507 g/mol. The first-order chi connectivity index (χ1) is 16.2. The molecule has 0 aliphatic carbocycles. The first-order valence-corrected chi connectivity index (χ1v) is 9.89. The van der Waals surface area contributed by atoms with Crippen LogP contribution < -0.4 is 15.5 Å². The predicted octanol–water partition coefficient (Wildman–Crippen LogP) is 4.94. The van der Waals surface area contributed by atoms with E-state index < -0.39 is 35.5 Å². The van der Waals surface area contributed by atoms with Crippen molar-refractivity contribution in [3.63, 3.8) is 0 Å². The van der Waals surface area contributed by atoms with Gasteiger partial charge in [-0.05, 0) is 48.7 Å². The van der Waals surface area contributed by atoms with Gasteiger partial charge in [0.05, 0.1) is 12.8 Å². The lowest BCUT2D eigenvalue weighted by Crippen LogP contribution is -2.57. The Morgan fingerprint density at radius 2 is 1.60 bits per heavy atom. The molecule has 0 atom stereocenters. The third kappa shape index (κ3) is 6.70. The summed E-state index contributed by atoms with van der Waals surface area (Å²) in [6, 6.07) is 11.7. The predicted molar refractivity (Wildman–Crippen MR) is 113 cm³/mol. The Hall–Kier alpha value is -3.64. The number of halogens is 7. The number of carbonyl (C=O) groups is 2. The molecular formula is C22H20F7N3O3. The van der Waals surface area contributed by atoms with Crippen LogP contribution in [-0.4, -0.2) is 42.7 Å². The smallest absolute Gasteiger partial charge is 0.460 e. The van der Waals surface area contributed by atoms with Gasteiger partial charge in [0.15, 0.2) is 0 Å². The third-order valence-corrected chi connectivity index (χ3v) is 4.72. The van der Waals surface area contributed by atoms with Crippen molar-refractivity contribution in [3.05, 3.63) is 59.7 Å². The molecule has 0 aliphatic rings. The molecule has 2 N–H and O–H groups in total. The number of aryl methyl sites for hydroxylation is 1. The summed E-state index contributed by atoms with van der Waals surface area (Å²) in [7, 11) is 1.52. The molecule has 0 saturated carbocycles. The van der Waals surface area contributed by atoms with Crippen LogP contribution in [0, 0.1) is 0 Å². The number of hydrogen-bond donors (Lipinski definition) is 2. The molecule has 0 saturated heterocycles. The van der Waals surface area contributed by atoms with Gasteiger partial charge in [0.25, 0.3) is 0 Å². The van der Waals surface area contributed by atoms with Crippen molar-refractivity contribution >= 4 is 23.2 Å². The third-order valence-electron chi connectivity index (χ3n) is 4.72. The maximum Gasteiger partial charge on any atom is 0.460 e. The van der Waals surface area contributed by atoms with Crippen molar-refractivity contribution in [2.75, 3.05) is 12.4 Å². The lowest BCUT2D eigenvalue weighted by molar-refractivity contribution is -0.343. The summed E-state index contributed by atoms with van der Waals surface area (Å²) in [5.74, 6) is -15.2. The van der Waals surface area contributed by atoms with E-state index in [1.165, 1.54) is 31.5 Å². The number of hydrogen-bond acceptors (Lipinski definition) is 4. The average molecular weight is 507 g/mol. The summed E-state index contributed by atoms with van der Waals surface area (Å²) >= 11 is 0. The molecule has 13 heteroatoms. The van der Waals surface area contributed by atoms with Crippen molar-refractivity contribution < 1.29 is 45.1 Å². The molecule has 0 unspecified atom stereocenters. The molecule has 0 fully saturated rings. The molecule has 2 aromatic carbocycles. The summed E-state index contributed by atoms with van der Waals surface area (Å²) in [4.78, 5) is 23.5. The van der Waals surface area contributed by atoms with Crippen LogP contribution in [-0.2, 0) is 16.0 Å². The van der Waals surface area contributed by atoms with E-state index in [-0.39, 0.29) is 17.7 Å². The number of hydrazone groups is 1. The van der Waals surface area contributed by atoms with Crippen molar-refractivity contribution in [2.45, 2.75) is 37.8 Å². The highest BCUT2D eigenvalue weighted by atomic mass is 19.4. The van der Waals surface area contributed by atoms with Gasteiger partial charge in [-0.2, -0.15) is 35.8 Å². The summed E-state index contributed by atoms with van der Waals surface area (Å²) in [5, 5.41) is 5.19. The minimum absolute atomic E-state index is 0.0850. The van der Waals surface area contributed by atoms with Gasteiger partial charge in [-0.15, -0.1) is 0 Å². The largest absolute Gasteiger partial charge is 0.497 e. The fourth-order valence-corrected chi connectivity index (χ4v) is 2.67. The van der Waals surface area contributed by atoms with Crippen molar-refractivity contribution in [2.24, 2.45) is 5.10 Å². The van der Waals surface area contributed by atoms with Gasteiger partial charge in [-0.25, -0.2) is 5.43 Å². The minimum Gasteiger partial charge on any atom is -0.497 e. The van der Waals surface area contributed by atoms with Gasteiger partial charge in [0.1, 0.15) is 5.75 Å². The standard InChI is InChI=1S/C22H20F7N3O3/c1-13(31-32-18(33)11-8-14-6-9-17(35-2)10-7-14)15-4-3-5-16(12-15)30-19(34)20(23,24)21(25,26)22(27,28)29/h3-7,9-10,12H,8,11H2,1-2H3,(H,30,34)(H,32,33)/b31-13+. The highest BCUT2D eigenvalue weighted by molar-refractivity contribution is 6.02. The number of ether oxygens (including phenoxy) is 1. The molecule has 35 heavy (non-hydrogen) atoms. The lowest BCUT2D eigenvalue weighted by atomic mass is 10.1. The molecular weight excluding hydrogens is 487 g/mol. The van der Waals surface area contributed by atoms with Crippen LogP contribution in [0.25, 0.3) is 0 Å². The fourth-order valence-electron chi connectivity index (χ4n) is 2.67. The molecule has 6 nitrogen and oxygen atoms in total. The molecule has 0 bridgehead atoms. The van der Waals surface area contributed by atoms with E-state index in [1.807, 2.05) is 0 Å². The van der Waals surface area contributed by atoms with E-state index in [2.05, 4.69) is 10.5 Å². The molecule has 2 aromatic rings. The fraction of sp³-hybridized carbons (Fsp3) is 0.318. The molecule has 2 rings (SSSR count). The Morgan fingerprint density at radius 3 is 2.17 bits per heavy atom. The van der Waals surface area contributed by atoms with E-state index >= 15 is 0 Å². The average Bonchev–Trinajstić information content (AvgIpc) is 2.80. The van der Waals surface area contributed by atoms with Crippen LogP contribution in [0.4, 0.5) is 36.4 Å². The Labute approximate surface area is 195 Å². The molecule has 0 heterocycles. The van der Waals surface area contributed by atoms with Crippen molar-refractivity contribution in [1.29, 1.82) is 0 Å². The van der Waals surface area contributed by atoms with Crippen molar-refractivity contribution in [3.8, 4) is 5.75 Å². The Bertz CT molecular complexity index is 1080. The second-order valence-electron chi connectivity index (χ2n) is 7.26. The number of benzene rings is 2. The van der Waals surface area contributed by atoms with E-state index in [9.17, 15) is 40.3 Å². The first kappa shape index (κ1) is 27.6. The van der Waals surface area contributed by atoms with Crippen LogP contribution in [0.15, 0.2) is 53.6 Å². The van der Waals surface area contributed by atoms with E-state index in [0.717, 1.165) is 17.7 Å². The molecule has 190 valence electrons. The number of methoxy groups -OCH3 is 1. The number of anilines is 1. The van der Waals surface area contributed by atoms with Gasteiger partial charge < -0.3 is 10.1 Å². The summed E-state index contributed by atoms with van der Waals surface area (Å²) in [5.41, 5.74) is 2.99. The van der Waals surface area contributed by atoms with E-state index in [1.54, 1.807) is 24.3 Å². The Balaban J connectivity index is 2.01. The van der Waals surface area contributed by atoms with Gasteiger partial charge in [-0.1, -0.05) is 24.3 Å². The highest BCUT2D eigenvalue weighted by Crippen LogP contribution is 2.46. The zero-order valence-corrected chi connectivity index (χ0v) is 18.4. The van der Waals surface area contributed by atoms with Crippen LogP contribution in [0.3, 0.4) is 0 Å². The van der Waals surface area contributed by atoms with Crippen molar-refractivity contribution in [1.82, 2.24) is 5.43 Å². The summed E-state index contributed by atoms with van der Waals surface area (Å²) in [6.45, 7) is 1.41. The Kier molecular flexibility index (Phi) is 8.47. The zero-order chi connectivity index (χ0) is 26.4. The van der Waals surface area contributed by atoms with Gasteiger partial charge in [-0.3, -0.25) is 9.59 Å². The quantitative estimate of drug-likeness (QED) is 0.287. The molecule has 2 amide bonds. The maximum absolute atomic E-state index is 13.5. The zero-order valence-electron chi connectivity index (χ0n) is 18.4. The molecule has 0 spiro atoms. The highest BCUT2D eigenvalue weighted by Gasteiger charge is 2.76. The van der Waals surface area contributed by atoms with Crippen LogP contribution in [0.2, 0.25) is 0 Å². The number of alkyl halides is 7. The van der Waals surface area contributed by atoms with Crippen LogP contribution in [0.1, 0.15) is 24.5 Å². The Morgan fingerprint density at radius 1 is 0.971 bits per heavy atom. The van der Waals surface area contributed by atoms with Gasteiger partial charge in [0, 0.05) is 12.1 Å². The van der Waals surface area contributed by atoms with E-state index in [4.69, 9.17) is 4.74 Å². The van der Waals surface area contributed by atoms with Crippen LogP contribution in [0.5, 0.6) is 5.75 Å². The molecule has 0 radical (unpaired) electrons. The summed E-state index contributed by atoms with van der Waals surface area (Å²) in [6.07, 6.45) is -6.14. The minimum atomic E-state index is -6.63. The SMILES string of the molecule is COc1ccc(CCC(=O)N/N=C(\C)c2cccc(NC(=O)C(F)(F)C(F)(F)C(F)(F)F)c2)cc1. The van der Waals surface area contributed by atoms with E-state index in [0.29, 0.717) is 12.2 Å². The number of rotatable bonds is 9. The van der Waals surface area contributed by atoms with Gasteiger partial charge in [0.2, 0.25) is 5.91 Å². The number of nitrogens with zero attached hydrogens (tertiary/aromatic N) is 1. The maximum atomic E-state index is 13.5. The topological polar surface area (TPSA) is 79.8 Å². The van der Waals surface area contributed by atoms with Gasteiger partial charge >= 0.3 is 23.9 Å². The molecule has 0 aliphatic heterocycles. The second kappa shape index (κ2) is 10.7. The number of amides is 2. The first-order valence-electron chi connectivity index (χ1n) is 9.89. The number of carbonyl (C=O) groups excluding carboxylic acids is 2. The molecule has 0 aromatic heterocycles. The number of nitrogens with one attached hydrogen (secondary N) is 2.